The number of nitrogens with zero attached hydrogens (tertiary/aromatic N) is 5. The number of hydrogen-bond donors (Lipinski definition) is 2. The second-order valence-corrected chi connectivity index (χ2v) is 13.3. The fraction of sp³-hybridized carbons (Fsp3) is 0.312. The van der Waals surface area contributed by atoms with Gasteiger partial charge in [0.1, 0.15) is 5.82 Å². The smallest absolute Gasteiger partial charge is 0.326 e. The Bertz CT molecular complexity index is 1960. The Morgan fingerprint density at radius 3 is 2.33 bits per heavy atom. The lowest BCUT2D eigenvalue weighted by Gasteiger charge is -2.39. The molecule has 1 atom stereocenters. The minimum absolute atomic E-state index is 0.0910. The van der Waals surface area contributed by atoms with Crippen molar-refractivity contribution in [1.29, 1.82) is 0 Å². The summed E-state index contributed by atoms with van der Waals surface area (Å²) in [5, 5.41) is 5.03. The molecule has 6 rings (SSSR count). The van der Waals surface area contributed by atoms with Crippen molar-refractivity contribution in [2.24, 2.45) is 5.92 Å². The molecule has 240 valence electrons. The summed E-state index contributed by atoms with van der Waals surface area (Å²) in [5.41, 5.74) is 0.997. The minimum atomic E-state index is -3.63. The zero-order chi connectivity index (χ0) is 32.6. The first kappa shape index (κ1) is 31.0. The lowest BCUT2D eigenvalue weighted by atomic mass is 10.1. The second-order valence-electron chi connectivity index (χ2n) is 11.6. The van der Waals surface area contributed by atoms with Crippen molar-refractivity contribution in [3.05, 3.63) is 94.8 Å². The molecule has 14 heteroatoms. The van der Waals surface area contributed by atoms with E-state index in [1.165, 1.54) is 39.9 Å². The number of carbonyl (C=O) groups excluding carboxylic acids is 2. The fourth-order valence-corrected chi connectivity index (χ4v) is 6.23. The SMILES string of the molecule is CC(c1nc2ccccc2c(=O)n1N1CCN(C(=O)C2CC2)CC1)N(C(=O)Nc1ccc(F)cc1)c1cccc(NS(C)(=O)=O)c1. The van der Waals surface area contributed by atoms with E-state index in [1.807, 2.05) is 9.91 Å². The molecule has 2 aliphatic rings. The summed E-state index contributed by atoms with van der Waals surface area (Å²) in [7, 11) is -3.63. The highest BCUT2D eigenvalue weighted by Gasteiger charge is 2.36. The van der Waals surface area contributed by atoms with E-state index < -0.39 is 27.9 Å². The van der Waals surface area contributed by atoms with Crippen molar-refractivity contribution < 1.29 is 22.4 Å². The number of fused-ring (bicyclic) bond motifs is 1. The van der Waals surface area contributed by atoms with Crippen LogP contribution in [0.2, 0.25) is 0 Å². The molecule has 12 nitrogen and oxygen atoms in total. The number of anilines is 3. The standard InChI is InChI=1S/C32H34FN7O5S/c1-21(39(32(43)34-24-14-12-23(33)13-15-24)26-7-5-6-25(20-26)36-46(2,44)45)29-35-28-9-4-3-8-27(28)31(42)40(29)38-18-16-37(17-19-38)30(41)22-10-11-22/h3-9,12-15,20-22,36H,10-11,16-19H2,1-2H3,(H,34,43). The maximum atomic E-state index is 14.1. The van der Waals surface area contributed by atoms with E-state index in [2.05, 4.69) is 10.0 Å². The molecule has 4 aromatic rings. The summed E-state index contributed by atoms with van der Waals surface area (Å²) in [5.74, 6) is 0.0317. The van der Waals surface area contributed by atoms with Crippen LogP contribution in [0.3, 0.4) is 0 Å². The number of carbonyl (C=O) groups is 2. The summed E-state index contributed by atoms with van der Waals surface area (Å²) in [6.45, 7) is 3.37. The molecule has 1 aromatic heterocycles. The maximum absolute atomic E-state index is 14.1. The van der Waals surface area contributed by atoms with E-state index in [1.54, 1.807) is 49.4 Å². The molecule has 0 spiro atoms. The van der Waals surface area contributed by atoms with Gasteiger partial charge in [-0.05, 0) is 74.4 Å². The largest absolute Gasteiger partial charge is 0.339 e. The number of hydrogen-bond acceptors (Lipinski definition) is 7. The van der Waals surface area contributed by atoms with Crippen LogP contribution in [0.15, 0.2) is 77.6 Å². The number of nitrogens with one attached hydrogen (secondary N) is 2. The zero-order valence-electron chi connectivity index (χ0n) is 25.4. The molecule has 0 radical (unpaired) electrons. The number of para-hydroxylation sites is 1. The van der Waals surface area contributed by atoms with Gasteiger partial charge in [0.25, 0.3) is 5.56 Å². The molecule has 2 heterocycles. The number of amides is 3. The van der Waals surface area contributed by atoms with Crippen LogP contribution in [0.4, 0.5) is 26.2 Å². The fourth-order valence-electron chi connectivity index (χ4n) is 5.67. The Morgan fingerprint density at radius 2 is 1.65 bits per heavy atom. The average molecular weight is 648 g/mol. The number of benzene rings is 3. The van der Waals surface area contributed by atoms with Crippen molar-refractivity contribution in [3.8, 4) is 0 Å². The quantitative estimate of drug-likeness (QED) is 0.296. The Balaban J connectivity index is 1.43. The normalized spacial score (nSPS) is 15.8. The summed E-state index contributed by atoms with van der Waals surface area (Å²) in [6.07, 6.45) is 2.84. The van der Waals surface area contributed by atoms with Gasteiger partial charge >= 0.3 is 6.03 Å². The Morgan fingerprint density at radius 1 is 0.957 bits per heavy atom. The summed E-state index contributed by atoms with van der Waals surface area (Å²) < 4.78 is 41.6. The summed E-state index contributed by atoms with van der Waals surface area (Å²) in [6, 6.07) is 17.0. The van der Waals surface area contributed by atoms with Crippen molar-refractivity contribution >= 4 is 49.9 Å². The summed E-state index contributed by atoms with van der Waals surface area (Å²) >= 11 is 0. The van der Waals surface area contributed by atoms with Gasteiger partial charge in [-0.3, -0.25) is 19.2 Å². The van der Waals surface area contributed by atoms with Crippen molar-refractivity contribution in [2.75, 3.05) is 52.4 Å². The molecular weight excluding hydrogens is 613 g/mol. The highest BCUT2D eigenvalue weighted by Crippen LogP contribution is 2.32. The molecule has 46 heavy (non-hydrogen) atoms. The van der Waals surface area contributed by atoms with Crippen LogP contribution < -0.4 is 25.5 Å². The van der Waals surface area contributed by atoms with Gasteiger partial charge in [0.2, 0.25) is 15.9 Å². The van der Waals surface area contributed by atoms with Crippen LogP contribution in [0.25, 0.3) is 10.9 Å². The highest BCUT2D eigenvalue weighted by atomic mass is 32.2. The lowest BCUT2D eigenvalue weighted by Crippen LogP contribution is -2.57. The minimum Gasteiger partial charge on any atom is -0.339 e. The van der Waals surface area contributed by atoms with E-state index >= 15 is 0 Å². The van der Waals surface area contributed by atoms with Crippen molar-refractivity contribution in [1.82, 2.24) is 14.6 Å². The Hall–Kier alpha value is -4.98. The molecular formula is C32H34FN7O5S. The van der Waals surface area contributed by atoms with Crippen LogP contribution in [-0.4, -0.2) is 67.4 Å². The van der Waals surface area contributed by atoms with E-state index in [-0.39, 0.29) is 28.9 Å². The second kappa shape index (κ2) is 12.4. The van der Waals surface area contributed by atoms with Gasteiger partial charge in [-0.2, -0.15) is 0 Å². The van der Waals surface area contributed by atoms with Crippen LogP contribution >= 0.6 is 0 Å². The molecule has 3 amide bonds. The third-order valence-electron chi connectivity index (χ3n) is 8.06. The van der Waals surface area contributed by atoms with Crippen LogP contribution in [0, 0.1) is 11.7 Å². The van der Waals surface area contributed by atoms with Crippen LogP contribution in [0.5, 0.6) is 0 Å². The van der Waals surface area contributed by atoms with Gasteiger partial charge in [-0.15, -0.1) is 0 Å². The van der Waals surface area contributed by atoms with Crippen LogP contribution in [0.1, 0.15) is 31.6 Å². The number of rotatable bonds is 8. The van der Waals surface area contributed by atoms with Crippen molar-refractivity contribution in [2.45, 2.75) is 25.8 Å². The lowest BCUT2D eigenvalue weighted by molar-refractivity contribution is -0.133. The first-order valence-corrected chi connectivity index (χ1v) is 16.9. The van der Waals surface area contributed by atoms with Crippen LogP contribution in [-0.2, 0) is 14.8 Å². The number of urea groups is 1. The van der Waals surface area contributed by atoms with Gasteiger partial charge in [-0.25, -0.2) is 27.3 Å². The molecule has 1 unspecified atom stereocenters. The Labute approximate surface area is 265 Å². The first-order chi connectivity index (χ1) is 22.0. The number of sulfonamides is 1. The molecule has 3 aromatic carbocycles. The third-order valence-corrected chi connectivity index (χ3v) is 8.67. The maximum Gasteiger partial charge on any atom is 0.326 e. The molecule has 1 saturated carbocycles. The van der Waals surface area contributed by atoms with Gasteiger partial charge in [-0.1, -0.05) is 18.2 Å². The average Bonchev–Trinajstić information content (AvgIpc) is 3.87. The molecule has 1 aliphatic carbocycles. The predicted octanol–water partition coefficient (Wildman–Crippen LogP) is 3.90. The molecule has 2 fully saturated rings. The Kier molecular flexibility index (Phi) is 8.38. The number of piperazine rings is 1. The topological polar surface area (TPSA) is 137 Å². The molecule has 1 saturated heterocycles. The zero-order valence-corrected chi connectivity index (χ0v) is 26.2. The van der Waals surface area contributed by atoms with E-state index in [0.29, 0.717) is 48.5 Å². The van der Waals surface area contributed by atoms with Gasteiger partial charge in [0, 0.05) is 30.4 Å². The van der Waals surface area contributed by atoms with Gasteiger partial charge in [0.05, 0.1) is 42.0 Å². The third kappa shape index (κ3) is 6.66. The molecule has 1 aliphatic heterocycles. The molecule has 0 bridgehead atoms. The van der Waals surface area contributed by atoms with Gasteiger partial charge in [0.15, 0.2) is 5.82 Å². The highest BCUT2D eigenvalue weighted by molar-refractivity contribution is 7.92. The van der Waals surface area contributed by atoms with E-state index in [0.717, 1.165) is 19.1 Å². The first-order valence-electron chi connectivity index (χ1n) is 15.0. The van der Waals surface area contributed by atoms with E-state index in [9.17, 15) is 27.2 Å². The predicted molar refractivity (Wildman–Crippen MR) is 174 cm³/mol. The van der Waals surface area contributed by atoms with Gasteiger partial charge < -0.3 is 15.2 Å². The molecule has 2 N–H and O–H groups in total. The van der Waals surface area contributed by atoms with Crippen molar-refractivity contribution in [3.63, 3.8) is 0 Å². The summed E-state index contributed by atoms with van der Waals surface area (Å²) in [4.78, 5) is 49.0. The number of aromatic nitrogens is 2. The number of halogens is 1. The monoisotopic (exact) mass is 647 g/mol. The van der Waals surface area contributed by atoms with E-state index in [4.69, 9.17) is 4.98 Å².